The predicted octanol–water partition coefficient (Wildman–Crippen LogP) is 3.19. The minimum absolute atomic E-state index is 0.0390. The topological polar surface area (TPSA) is 63.8 Å². The van der Waals surface area contributed by atoms with Crippen LogP contribution in [0.3, 0.4) is 0 Å². The van der Waals surface area contributed by atoms with Crippen LogP contribution in [0.5, 0.6) is 0 Å². The molecule has 1 aliphatic rings. The van der Waals surface area contributed by atoms with E-state index in [1.54, 1.807) is 11.8 Å². The van der Waals surface area contributed by atoms with Gasteiger partial charge in [-0.25, -0.2) is 15.8 Å². The molecule has 0 saturated carbocycles. The summed E-state index contributed by atoms with van der Waals surface area (Å²) in [7, 11) is 0. The number of anilines is 1. The lowest BCUT2D eigenvalue weighted by molar-refractivity contribution is -0.137. The predicted molar refractivity (Wildman–Crippen MR) is 75.3 cm³/mol. The van der Waals surface area contributed by atoms with Gasteiger partial charge in [-0.2, -0.15) is 24.9 Å². The van der Waals surface area contributed by atoms with Gasteiger partial charge >= 0.3 is 6.18 Å². The van der Waals surface area contributed by atoms with E-state index in [0.717, 1.165) is 17.3 Å². The van der Waals surface area contributed by atoms with Crippen LogP contribution in [0, 0.1) is 0 Å². The number of halogens is 3. The minimum atomic E-state index is -4.45. The molecule has 1 aromatic carbocycles. The molecule has 21 heavy (non-hydrogen) atoms. The molecule has 0 spiro atoms. The molecule has 8 heteroatoms. The zero-order valence-electron chi connectivity index (χ0n) is 10.7. The molecule has 0 fully saturated rings. The molecule has 0 saturated heterocycles. The van der Waals surface area contributed by atoms with E-state index < -0.39 is 11.7 Å². The van der Waals surface area contributed by atoms with Crippen LogP contribution >= 0.6 is 11.8 Å². The van der Waals surface area contributed by atoms with Crippen molar-refractivity contribution in [1.82, 2.24) is 9.97 Å². The van der Waals surface area contributed by atoms with Crippen molar-refractivity contribution in [2.75, 3.05) is 5.43 Å². The molecule has 1 aromatic heterocycles. The maximum atomic E-state index is 13.1. The molecule has 3 rings (SSSR count). The van der Waals surface area contributed by atoms with Crippen LogP contribution in [0.25, 0.3) is 11.4 Å². The van der Waals surface area contributed by atoms with E-state index in [1.165, 1.54) is 18.2 Å². The smallest absolute Gasteiger partial charge is 0.308 e. The van der Waals surface area contributed by atoms with Crippen LogP contribution in [-0.2, 0) is 17.7 Å². The Morgan fingerprint density at radius 1 is 1.14 bits per heavy atom. The average Bonchev–Trinajstić information content (AvgIpc) is 2.93. The Balaban J connectivity index is 2.18. The third-order valence-corrected chi connectivity index (χ3v) is 4.16. The zero-order chi connectivity index (χ0) is 15.0. The highest BCUT2D eigenvalue weighted by atomic mass is 32.2. The Hall–Kier alpha value is -1.80. The molecule has 4 nitrogen and oxygen atoms in total. The summed E-state index contributed by atoms with van der Waals surface area (Å²) >= 11 is 1.63. The van der Waals surface area contributed by atoms with Gasteiger partial charge in [-0.1, -0.05) is 18.2 Å². The molecule has 3 N–H and O–H groups in total. The Morgan fingerprint density at radius 3 is 2.62 bits per heavy atom. The molecule has 1 aliphatic heterocycles. The highest BCUT2D eigenvalue weighted by molar-refractivity contribution is 7.98. The molecule has 0 unspecified atom stereocenters. The number of nitrogens with one attached hydrogen (secondary N) is 1. The van der Waals surface area contributed by atoms with Gasteiger partial charge in [0.05, 0.1) is 11.3 Å². The molecule has 0 atom stereocenters. The van der Waals surface area contributed by atoms with E-state index in [1.807, 2.05) is 0 Å². The zero-order valence-corrected chi connectivity index (χ0v) is 11.6. The number of nitrogens with two attached hydrogens (primary N) is 1. The standard InChI is InChI=1S/C13H11F3N4S/c14-13(15,16)9-4-2-1-3-7(9)11-18-10-6-21-5-8(10)12(19-11)20-17/h1-4H,5-6,17H2,(H,18,19,20). The van der Waals surface area contributed by atoms with Crippen LogP contribution in [0.4, 0.5) is 19.0 Å². The Morgan fingerprint density at radius 2 is 1.90 bits per heavy atom. The number of fused-ring (bicyclic) bond motifs is 1. The van der Waals surface area contributed by atoms with E-state index in [-0.39, 0.29) is 11.4 Å². The summed E-state index contributed by atoms with van der Waals surface area (Å²) in [5.74, 6) is 7.20. The fourth-order valence-corrected chi connectivity index (χ4v) is 3.26. The second-order valence-electron chi connectivity index (χ2n) is 4.50. The summed E-state index contributed by atoms with van der Waals surface area (Å²) in [6.45, 7) is 0. The van der Waals surface area contributed by atoms with E-state index in [4.69, 9.17) is 5.84 Å². The molecule has 0 bridgehead atoms. The van der Waals surface area contributed by atoms with E-state index in [2.05, 4.69) is 15.4 Å². The second kappa shape index (κ2) is 5.19. The van der Waals surface area contributed by atoms with Crippen LogP contribution in [0.15, 0.2) is 24.3 Å². The first-order chi connectivity index (χ1) is 10.0. The SMILES string of the molecule is NNc1nc(-c2ccccc2C(F)(F)F)nc2c1CSC2. The van der Waals surface area contributed by atoms with E-state index >= 15 is 0 Å². The summed E-state index contributed by atoms with van der Waals surface area (Å²) in [5, 5.41) is 0. The van der Waals surface area contributed by atoms with Crippen molar-refractivity contribution in [1.29, 1.82) is 0 Å². The minimum Gasteiger partial charge on any atom is -0.308 e. The lowest BCUT2D eigenvalue weighted by atomic mass is 10.1. The van der Waals surface area contributed by atoms with E-state index in [0.29, 0.717) is 17.3 Å². The number of benzene rings is 1. The number of rotatable bonds is 2. The number of hydrazine groups is 1. The molecule has 2 aromatic rings. The van der Waals surface area contributed by atoms with Gasteiger partial charge in [0.1, 0.15) is 5.82 Å². The van der Waals surface area contributed by atoms with Crippen molar-refractivity contribution in [3.8, 4) is 11.4 Å². The second-order valence-corrected chi connectivity index (χ2v) is 5.49. The van der Waals surface area contributed by atoms with Crippen LogP contribution in [0.2, 0.25) is 0 Å². The first-order valence-electron chi connectivity index (χ1n) is 6.11. The van der Waals surface area contributed by atoms with Crippen molar-refractivity contribution in [3.05, 3.63) is 41.1 Å². The summed E-state index contributed by atoms with van der Waals surface area (Å²) in [5.41, 5.74) is 3.25. The first-order valence-corrected chi connectivity index (χ1v) is 7.27. The van der Waals surface area contributed by atoms with Gasteiger partial charge in [0.2, 0.25) is 0 Å². The maximum Gasteiger partial charge on any atom is 0.417 e. The highest BCUT2D eigenvalue weighted by Crippen LogP contribution is 2.38. The van der Waals surface area contributed by atoms with Gasteiger partial charge in [-0.15, -0.1) is 0 Å². The summed E-state index contributed by atoms with van der Waals surface area (Å²) in [4.78, 5) is 8.43. The number of aromatic nitrogens is 2. The lowest BCUT2D eigenvalue weighted by Crippen LogP contribution is -2.14. The normalized spacial score (nSPS) is 14.1. The summed E-state index contributed by atoms with van der Waals surface area (Å²) in [6.07, 6.45) is -4.45. The van der Waals surface area contributed by atoms with Crippen LogP contribution < -0.4 is 11.3 Å². The molecule has 0 amide bonds. The Kier molecular flexibility index (Phi) is 3.50. The molecule has 0 aliphatic carbocycles. The van der Waals surface area contributed by atoms with E-state index in [9.17, 15) is 13.2 Å². The summed E-state index contributed by atoms with van der Waals surface area (Å²) in [6, 6.07) is 5.27. The third-order valence-electron chi connectivity index (χ3n) is 3.19. The Labute approximate surface area is 122 Å². The largest absolute Gasteiger partial charge is 0.417 e. The van der Waals surface area contributed by atoms with Crippen LogP contribution in [-0.4, -0.2) is 9.97 Å². The number of nitrogen functional groups attached to an aromatic ring is 1. The van der Waals surface area contributed by atoms with Crippen molar-refractivity contribution in [3.63, 3.8) is 0 Å². The number of hydrogen-bond acceptors (Lipinski definition) is 5. The highest BCUT2D eigenvalue weighted by Gasteiger charge is 2.34. The van der Waals surface area contributed by atoms with Crippen molar-refractivity contribution in [2.24, 2.45) is 5.84 Å². The fraction of sp³-hybridized carbons (Fsp3) is 0.231. The third kappa shape index (κ3) is 2.56. The number of alkyl halides is 3. The van der Waals surface area contributed by atoms with Gasteiger partial charge < -0.3 is 5.43 Å². The molecule has 2 heterocycles. The number of thioether (sulfide) groups is 1. The molecular formula is C13H11F3N4S. The van der Waals surface area contributed by atoms with Gasteiger partial charge in [-0.3, -0.25) is 0 Å². The van der Waals surface area contributed by atoms with Gasteiger partial charge in [0, 0.05) is 22.6 Å². The van der Waals surface area contributed by atoms with Crippen molar-refractivity contribution in [2.45, 2.75) is 17.7 Å². The molecule has 0 radical (unpaired) electrons. The first kappa shape index (κ1) is 14.2. The number of hydrogen-bond donors (Lipinski definition) is 2. The lowest BCUT2D eigenvalue weighted by Gasteiger charge is -2.13. The van der Waals surface area contributed by atoms with Gasteiger partial charge in [0.15, 0.2) is 5.82 Å². The number of nitrogens with zero attached hydrogens (tertiary/aromatic N) is 2. The average molecular weight is 312 g/mol. The molecular weight excluding hydrogens is 301 g/mol. The summed E-state index contributed by atoms with van der Waals surface area (Å²) < 4.78 is 39.3. The Bertz CT molecular complexity index is 688. The van der Waals surface area contributed by atoms with Gasteiger partial charge in [0.25, 0.3) is 0 Å². The van der Waals surface area contributed by atoms with Crippen molar-refractivity contribution < 1.29 is 13.2 Å². The molecule has 110 valence electrons. The van der Waals surface area contributed by atoms with Crippen LogP contribution in [0.1, 0.15) is 16.8 Å². The quantitative estimate of drug-likeness (QED) is 0.658. The maximum absolute atomic E-state index is 13.1. The van der Waals surface area contributed by atoms with Crippen molar-refractivity contribution >= 4 is 17.6 Å². The van der Waals surface area contributed by atoms with Gasteiger partial charge in [-0.05, 0) is 6.07 Å². The monoisotopic (exact) mass is 312 g/mol. The fourth-order valence-electron chi connectivity index (χ4n) is 2.22.